The number of nitrogens with zero attached hydrogens (tertiary/aromatic N) is 3. The minimum absolute atomic E-state index is 0.159. The molecule has 0 bridgehead atoms. The molecule has 7 nitrogen and oxygen atoms in total. The predicted molar refractivity (Wildman–Crippen MR) is 119 cm³/mol. The van der Waals surface area contributed by atoms with E-state index < -0.39 is 23.8 Å². The van der Waals surface area contributed by atoms with Crippen LogP contribution in [0.3, 0.4) is 0 Å². The quantitative estimate of drug-likeness (QED) is 0.407. The number of carbonyl (C=O) groups excluding carboxylic acids is 2. The lowest BCUT2D eigenvalue weighted by Gasteiger charge is -2.37. The zero-order valence-electron chi connectivity index (χ0n) is 17.0. The largest absolute Gasteiger partial charge is 0.465 e. The maximum atomic E-state index is 13.6. The highest BCUT2D eigenvalue weighted by Crippen LogP contribution is 2.42. The van der Waals surface area contributed by atoms with E-state index in [4.69, 9.17) is 37.7 Å². The van der Waals surface area contributed by atoms with Crippen molar-refractivity contribution in [2.45, 2.75) is 13.0 Å². The van der Waals surface area contributed by atoms with Gasteiger partial charge < -0.3 is 14.0 Å². The van der Waals surface area contributed by atoms with Gasteiger partial charge in [0.25, 0.3) is 0 Å². The van der Waals surface area contributed by atoms with Gasteiger partial charge in [0, 0.05) is 7.11 Å². The number of hydrogen-bond acceptors (Lipinski definition) is 5. The molecule has 1 aliphatic rings. The molecule has 2 atom stereocenters. The highest BCUT2D eigenvalue weighted by Gasteiger charge is 2.47. The Balaban J connectivity index is 1.99. The van der Waals surface area contributed by atoms with E-state index in [9.17, 15) is 9.59 Å². The van der Waals surface area contributed by atoms with Gasteiger partial charge in [-0.05, 0) is 36.8 Å². The first-order valence-electron chi connectivity index (χ1n) is 9.86. The average Bonchev–Trinajstić information content (AvgIpc) is 3.13. The van der Waals surface area contributed by atoms with E-state index in [1.807, 2.05) is 28.8 Å². The minimum atomic E-state index is -1.11. The van der Waals surface area contributed by atoms with E-state index in [0.717, 1.165) is 5.52 Å². The zero-order chi connectivity index (χ0) is 22.1. The summed E-state index contributed by atoms with van der Waals surface area (Å²) in [5, 5.41) is 0.722. The average molecular weight is 462 g/mol. The number of para-hydroxylation sites is 2. The molecule has 9 heteroatoms. The molecule has 2 aromatic carbocycles. The molecule has 0 saturated heterocycles. The van der Waals surface area contributed by atoms with Crippen molar-refractivity contribution in [1.82, 2.24) is 9.55 Å². The van der Waals surface area contributed by atoms with Crippen molar-refractivity contribution in [3.8, 4) is 0 Å². The van der Waals surface area contributed by atoms with Crippen LogP contribution in [0.5, 0.6) is 0 Å². The number of fused-ring (bicyclic) bond motifs is 3. The molecule has 2 heterocycles. The van der Waals surface area contributed by atoms with E-state index in [-0.39, 0.29) is 13.2 Å². The first-order valence-corrected chi connectivity index (χ1v) is 10.6. The van der Waals surface area contributed by atoms with Gasteiger partial charge in [0.2, 0.25) is 11.9 Å². The second-order valence-electron chi connectivity index (χ2n) is 7.10. The summed E-state index contributed by atoms with van der Waals surface area (Å²) in [5.41, 5.74) is 2.16. The fourth-order valence-electron chi connectivity index (χ4n) is 3.94. The normalized spacial score (nSPS) is 18.3. The SMILES string of the molecule is CCOC(=O)C1C(=O)N(CCOC)c2nc3ccccc3n2C1c1ccc(Cl)c(Cl)c1. The Morgan fingerprint density at radius 2 is 1.94 bits per heavy atom. The fraction of sp³-hybridized carbons (Fsp3) is 0.318. The molecular formula is C22H21Cl2N3O4. The van der Waals surface area contributed by atoms with Crippen molar-refractivity contribution < 1.29 is 19.1 Å². The molecule has 0 fully saturated rings. The number of hydrogen-bond donors (Lipinski definition) is 0. The standard InChI is InChI=1S/C22H21Cl2N3O4/c1-3-31-21(29)18-19(13-8-9-14(23)15(24)12-13)27-17-7-5-4-6-16(17)25-22(27)26(20(18)28)10-11-30-2/h4-9,12,18-19H,3,10-11H2,1-2H3. The molecule has 0 spiro atoms. The Hall–Kier alpha value is -2.61. The van der Waals surface area contributed by atoms with Crippen molar-refractivity contribution >= 4 is 52.1 Å². The second kappa shape index (κ2) is 8.86. The third kappa shape index (κ3) is 3.78. The first-order chi connectivity index (χ1) is 15.0. The fourth-order valence-corrected chi connectivity index (χ4v) is 4.25. The number of rotatable bonds is 6. The van der Waals surface area contributed by atoms with E-state index in [1.54, 1.807) is 32.2 Å². The topological polar surface area (TPSA) is 73.7 Å². The van der Waals surface area contributed by atoms with E-state index in [0.29, 0.717) is 33.7 Å². The van der Waals surface area contributed by atoms with Crippen molar-refractivity contribution in [2.24, 2.45) is 5.92 Å². The molecule has 1 aliphatic heterocycles. The van der Waals surface area contributed by atoms with Crippen LogP contribution in [0.25, 0.3) is 11.0 Å². The Morgan fingerprint density at radius 1 is 1.16 bits per heavy atom. The summed E-state index contributed by atoms with van der Waals surface area (Å²) in [6, 6.07) is 11.9. The second-order valence-corrected chi connectivity index (χ2v) is 7.92. The third-order valence-electron chi connectivity index (χ3n) is 5.29. The molecule has 0 aliphatic carbocycles. The van der Waals surface area contributed by atoms with E-state index >= 15 is 0 Å². The lowest BCUT2D eigenvalue weighted by Crippen LogP contribution is -2.51. The van der Waals surface area contributed by atoms with Crippen LogP contribution < -0.4 is 4.90 Å². The van der Waals surface area contributed by atoms with Crippen LogP contribution in [0.2, 0.25) is 10.0 Å². The van der Waals surface area contributed by atoms with Gasteiger partial charge in [-0.15, -0.1) is 0 Å². The third-order valence-corrected chi connectivity index (χ3v) is 6.03. The maximum absolute atomic E-state index is 13.6. The summed E-state index contributed by atoms with van der Waals surface area (Å²) in [6.07, 6.45) is 0. The number of methoxy groups -OCH3 is 1. The monoisotopic (exact) mass is 461 g/mol. The summed E-state index contributed by atoms with van der Waals surface area (Å²) in [7, 11) is 1.55. The molecule has 162 valence electrons. The van der Waals surface area contributed by atoms with Gasteiger partial charge in [0.1, 0.15) is 0 Å². The van der Waals surface area contributed by atoms with Crippen molar-refractivity contribution in [2.75, 3.05) is 31.8 Å². The van der Waals surface area contributed by atoms with Gasteiger partial charge >= 0.3 is 5.97 Å². The van der Waals surface area contributed by atoms with Gasteiger partial charge in [-0.1, -0.05) is 41.4 Å². The van der Waals surface area contributed by atoms with Gasteiger partial charge in [-0.25, -0.2) is 4.98 Å². The number of imidazole rings is 1. The van der Waals surface area contributed by atoms with Crippen LogP contribution in [0.1, 0.15) is 18.5 Å². The van der Waals surface area contributed by atoms with Crippen LogP contribution >= 0.6 is 23.2 Å². The molecule has 0 N–H and O–H groups in total. The Kier molecular flexibility index (Phi) is 6.18. The Bertz CT molecular complexity index is 1150. The Morgan fingerprint density at radius 3 is 2.65 bits per heavy atom. The van der Waals surface area contributed by atoms with E-state index in [2.05, 4.69) is 0 Å². The van der Waals surface area contributed by atoms with E-state index in [1.165, 1.54) is 4.90 Å². The molecular weight excluding hydrogens is 441 g/mol. The highest BCUT2D eigenvalue weighted by molar-refractivity contribution is 6.42. The van der Waals surface area contributed by atoms with Crippen molar-refractivity contribution in [3.05, 3.63) is 58.1 Å². The molecule has 3 aromatic rings. The lowest BCUT2D eigenvalue weighted by atomic mass is 9.89. The summed E-state index contributed by atoms with van der Waals surface area (Å²) in [6.45, 7) is 2.41. The van der Waals surface area contributed by atoms with Gasteiger partial charge in [-0.3, -0.25) is 14.5 Å². The molecule has 2 unspecified atom stereocenters. The summed E-state index contributed by atoms with van der Waals surface area (Å²) in [5.74, 6) is -1.66. The molecule has 0 radical (unpaired) electrons. The number of amides is 1. The van der Waals surface area contributed by atoms with Crippen LogP contribution in [-0.4, -0.2) is 48.3 Å². The van der Waals surface area contributed by atoms with Gasteiger partial charge in [0.15, 0.2) is 5.92 Å². The van der Waals surface area contributed by atoms with Gasteiger partial charge in [0.05, 0.1) is 46.9 Å². The first kappa shape index (κ1) is 21.6. The number of benzene rings is 2. The maximum Gasteiger partial charge on any atom is 0.321 e. The summed E-state index contributed by atoms with van der Waals surface area (Å²) < 4.78 is 12.4. The minimum Gasteiger partial charge on any atom is -0.465 e. The summed E-state index contributed by atoms with van der Waals surface area (Å²) in [4.78, 5) is 32.8. The molecule has 31 heavy (non-hydrogen) atoms. The predicted octanol–water partition coefficient (Wildman–Crippen LogP) is 4.10. The number of halogens is 2. The number of carbonyl (C=O) groups is 2. The van der Waals surface area contributed by atoms with Crippen LogP contribution in [0.4, 0.5) is 5.95 Å². The van der Waals surface area contributed by atoms with Gasteiger partial charge in [-0.2, -0.15) is 0 Å². The van der Waals surface area contributed by atoms with Crippen molar-refractivity contribution in [1.29, 1.82) is 0 Å². The number of anilines is 1. The molecule has 1 aromatic heterocycles. The number of esters is 1. The molecule has 0 saturated carbocycles. The highest BCUT2D eigenvalue weighted by atomic mass is 35.5. The molecule has 4 rings (SSSR count). The van der Waals surface area contributed by atoms with Crippen molar-refractivity contribution in [3.63, 3.8) is 0 Å². The van der Waals surface area contributed by atoms with Crippen LogP contribution in [-0.2, 0) is 19.1 Å². The molecule has 1 amide bonds. The summed E-state index contributed by atoms with van der Waals surface area (Å²) >= 11 is 12.4. The lowest BCUT2D eigenvalue weighted by molar-refractivity contribution is -0.153. The Labute approximate surface area is 189 Å². The number of ether oxygens (including phenoxy) is 2. The smallest absolute Gasteiger partial charge is 0.321 e. The number of aromatic nitrogens is 2. The van der Waals surface area contributed by atoms with Crippen LogP contribution in [0.15, 0.2) is 42.5 Å². The van der Waals surface area contributed by atoms with Crippen LogP contribution in [0, 0.1) is 5.92 Å². The zero-order valence-corrected chi connectivity index (χ0v) is 18.6.